The highest BCUT2D eigenvalue weighted by molar-refractivity contribution is 14.0. The van der Waals surface area contributed by atoms with E-state index in [0.717, 1.165) is 11.1 Å². The zero-order chi connectivity index (χ0) is 18.8. The van der Waals surface area contributed by atoms with Crippen LogP contribution >= 0.6 is 24.0 Å². The van der Waals surface area contributed by atoms with E-state index in [2.05, 4.69) is 15.6 Å². The fraction of sp³-hybridized carbons (Fsp3) is 0.316. The van der Waals surface area contributed by atoms with Crippen LogP contribution in [-0.4, -0.2) is 35.7 Å². The maximum atomic E-state index is 10.9. The standard InChI is InChI=1S/C19H24N4O3.HI/c1-2-20-19(21-12-15-7-6-10-18(11-15)23(25)26)22-13-17(14-24)16-8-4-3-5-9-16;/h3-11,17,24H,2,12-14H2,1H3,(H2,20,21,22);1H. The molecule has 8 heteroatoms. The number of nitrogens with one attached hydrogen (secondary N) is 2. The zero-order valence-corrected chi connectivity index (χ0v) is 17.5. The van der Waals surface area contributed by atoms with Crippen LogP contribution in [-0.2, 0) is 6.54 Å². The number of halogens is 1. The lowest BCUT2D eigenvalue weighted by Crippen LogP contribution is -2.39. The first-order valence-electron chi connectivity index (χ1n) is 8.55. The molecule has 1 atom stereocenters. The van der Waals surface area contributed by atoms with Gasteiger partial charge in [-0.3, -0.25) is 10.1 Å². The molecule has 2 aromatic rings. The summed E-state index contributed by atoms with van der Waals surface area (Å²) in [6.07, 6.45) is 0. The smallest absolute Gasteiger partial charge is 0.269 e. The minimum absolute atomic E-state index is 0. The van der Waals surface area contributed by atoms with Gasteiger partial charge in [0.2, 0.25) is 0 Å². The van der Waals surface area contributed by atoms with Crippen LogP contribution < -0.4 is 10.6 Å². The highest BCUT2D eigenvalue weighted by atomic mass is 127. The fourth-order valence-electron chi connectivity index (χ4n) is 2.51. The Hall–Kier alpha value is -2.20. The number of nitro benzene ring substituents is 1. The van der Waals surface area contributed by atoms with Crippen LogP contribution in [0, 0.1) is 10.1 Å². The molecule has 0 fully saturated rings. The largest absolute Gasteiger partial charge is 0.396 e. The maximum absolute atomic E-state index is 10.9. The van der Waals surface area contributed by atoms with E-state index in [1.165, 1.54) is 12.1 Å². The lowest BCUT2D eigenvalue weighted by atomic mass is 10.0. The first kappa shape index (κ1) is 22.8. The maximum Gasteiger partial charge on any atom is 0.269 e. The normalized spacial score (nSPS) is 12.0. The Kier molecular flexibility index (Phi) is 10.3. The Bertz CT molecular complexity index is 741. The van der Waals surface area contributed by atoms with E-state index in [4.69, 9.17) is 0 Å². The van der Waals surface area contributed by atoms with Crippen molar-refractivity contribution in [2.75, 3.05) is 19.7 Å². The molecule has 0 spiro atoms. The lowest BCUT2D eigenvalue weighted by molar-refractivity contribution is -0.384. The predicted octanol–water partition coefficient (Wildman–Crippen LogP) is 3.04. The molecule has 0 radical (unpaired) electrons. The van der Waals surface area contributed by atoms with Crippen molar-refractivity contribution in [3.05, 3.63) is 75.8 Å². The van der Waals surface area contributed by atoms with Crippen molar-refractivity contribution >= 4 is 35.6 Å². The summed E-state index contributed by atoms with van der Waals surface area (Å²) in [7, 11) is 0. The van der Waals surface area contributed by atoms with Crippen molar-refractivity contribution in [3.63, 3.8) is 0 Å². The van der Waals surface area contributed by atoms with Gasteiger partial charge in [0.15, 0.2) is 5.96 Å². The fourth-order valence-corrected chi connectivity index (χ4v) is 2.51. The van der Waals surface area contributed by atoms with Gasteiger partial charge in [-0.2, -0.15) is 0 Å². The first-order chi connectivity index (χ1) is 12.6. The number of aliphatic hydroxyl groups excluding tert-OH is 1. The second-order valence-corrected chi connectivity index (χ2v) is 5.79. The number of guanidine groups is 1. The molecule has 7 nitrogen and oxygen atoms in total. The lowest BCUT2D eigenvalue weighted by Gasteiger charge is -2.18. The number of hydrogen-bond donors (Lipinski definition) is 3. The summed E-state index contributed by atoms with van der Waals surface area (Å²) in [6, 6.07) is 16.2. The molecule has 0 aliphatic carbocycles. The highest BCUT2D eigenvalue weighted by Gasteiger charge is 2.11. The van der Waals surface area contributed by atoms with Crippen LogP contribution in [0.25, 0.3) is 0 Å². The van der Waals surface area contributed by atoms with Crippen molar-refractivity contribution in [2.24, 2.45) is 4.99 Å². The number of non-ortho nitro benzene ring substituents is 1. The average molecular weight is 484 g/mol. The Morgan fingerprint density at radius 1 is 1.19 bits per heavy atom. The van der Waals surface area contributed by atoms with Gasteiger partial charge in [-0.15, -0.1) is 24.0 Å². The predicted molar refractivity (Wildman–Crippen MR) is 118 cm³/mol. The molecule has 0 aliphatic heterocycles. The molecule has 3 N–H and O–H groups in total. The van der Waals surface area contributed by atoms with E-state index >= 15 is 0 Å². The summed E-state index contributed by atoms with van der Waals surface area (Å²) >= 11 is 0. The molecule has 0 heterocycles. The molecule has 0 aromatic heterocycles. The quantitative estimate of drug-likeness (QED) is 0.176. The summed E-state index contributed by atoms with van der Waals surface area (Å²) in [4.78, 5) is 14.9. The van der Waals surface area contributed by atoms with Gasteiger partial charge in [0.25, 0.3) is 5.69 Å². The molecule has 2 rings (SSSR count). The summed E-state index contributed by atoms with van der Waals surface area (Å²) < 4.78 is 0. The molecule has 0 saturated heterocycles. The van der Waals surface area contributed by atoms with Crippen LogP contribution in [0.2, 0.25) is 0 Å². The van der Waals surface area contributed by atoms with Gasteiger partial charge >= 0.3 is 0 Å². The van der Waals surface area contributed by atoms with Crippen molar-refractivity contribution in [1.29, 1.82) is 0 Å². The van der Waals surface area contributed by atoms with Crippen molar-refractivity contribution in [1.82, 2.24) is 10.6 Å². The molecule has 0 bridgehead atoms. The van der Waals surface area contributed by atoms with Crippen LogP contribution in [0.3, 0.4) is 0 Å². The van der Waals surface area contributed by atoms with E-state index in [0.29, 0.717) is 25.6 Å². The van der Waals surface area contributed by atoms with Gasteiger partial charge in [-0.25, -0.2) is 4.99 Å². The molecular weight excluding hydrogens is 459 g/mol. The Morgan fingerprint density at radius 3 is 2.56 bits per heavy atom. The van der Waals surface area contributed by atoms with Crippen molar-refractivity contribution in [3.8, 4) is 0 Å². The van der Waals surface area contributed by atoms with Crippen LogP contribution in [0.1, 0.15) is 24.0 Å². The van der Waals surface area contributed by atoms with Crippen LogP contribution in [0.5, 0.6) is 0 Å². The highest BCUT2D eigenvalue weighted by Crippen LogP contribution is 2.15. The number of aliphatic hydroxyl groups is 1. The number of aliphatic imine (C=N–C) groups is 1. The Balaban J connectivity index is 0.00000364. The number of hydrogen-bond acceptors (Lipinski definition) is 4. The van der Waals surface area contributed by atoms with E-state index in [9.17, 15) is 15.2 Å². The topological polar surface area (TPSA) is 99.8 Å². The third-order valence-corrected chi connectivity index (χ3v) is 3.89. The SMILES string of the molecule is CCNC(=NCc1cccc([N+](=O)[O-])c1)NCC(CO)c1ccccc1.I. The monoisotopic (exact) mass is 484 g/mol. The summed E-state index contributed by atoms with van der Waals surface area (Å²) in [5, 5.41) is 26.9. The Morgan fingerprint density at radius 2 is 1.93 bits per heavy atom. The second-order valence-electron chi connectivity index (χ2n) is 5.79. The van der Waals surface area contributed by atoms with Gasteiger partial charge in [0.05, 0.1) is 18.1 Å². The second kappa shape index (κ2) is 12.2. The molecule has 146 valence electrons. The molecule has 27 heavy (non-hydrogen) atoms. The summed E-state index contributed by atoms with van der Waals surface area (Å²) in [5.74, 6) is 0.561. The molecule has 0 aliphatic rings. The molecule has 0 amide bonds. The zero-order valence-electron chi connectivity index (χ0n) is 15.2. The van der Waals surface area contributed by atoms with E-state index in [1.807, 2.05) is 37.3 Å². The number of rotatable bonds is 8. The molecule has 1 unspecified atom stereocenters. The number of nitro groups is 1. The van der Waals surface area contributed by atoms with Crippen molar-refractivity contribution in [2.45, 2.75) is 19.4 Å². The summed E-state index contributed by atoms with van der Waals surface area (Å²) in [5.41, 5.74) is 1.87. The van der Waals surface area contributed by atoms with Crippen molar-refractivity contribution < 1.29 is 10.0 Å². The molecule has 0 saturated carbocycles. The van der Waals surface area contributed by atoms with Crippen LogP contribution in [0.4, 0.5) is 5.69 Å². The third-order valence-electron chi connectivity index (χ3n) is 3.89. The first-order valence-corrected chi connectivity index (χ1v) is 8.55. The van der Waals surface area contributed by atoms with Gasteiger partial charge in [0, 0.05) is 31.1 Å². The van der Waals surface area contributed by atoms with Gasteiger partial charge in [-0.05, 0) is 18.1 Å². The minimum Gasteiger partial charge on any atom is -0.396 e. The minimum atomic E-state index is -0.414. The van der Waals surface area contributed by atoms with E-state index < -0.39 is 4.92 Å². The third kappa shape index (κ3) is 7.51. The van der Waals surface area contributed by atoms with E-state index in [1.54, 1.807) is 12.1 Å². The van der Waals surface area contributed by atoms with Gasteiger partial charge in [-0.1, -0.05) is 42.5 Å². The van der Waals surface area contributed by atoms with Gasteiger partial charge < -0.3 is 15.7 Å². The van der Waals surface area contributed by atoms with E-state index in [-0.39, 0.29) is 42.2 Å². The number of nitrogens with zero attached hydrogens (tertiary/aromatic N) is 2. The Labute approximate surface area is 176 Å². The molecule has 2 aromatic carbocycles. The summed E-state index contributed by atoms with van der Waals surface area (Å²) in [6.45, 7) is 3.54. The van der Waals surface area contributed by atoms with Gasteiger partial charge in [0.1, 0.15) is 0 Å². The molecular formula is C19H25IN4O3. The number of benzene rings is 2. The average Bonchev–Trinajstić information content (AvgIpc) is 2.67. The van der Waals surface area contributed by atoms with Crippen LogP contribution in [0.15, 0.2) is 59.6 Å².